The molecule has 2 N–H and O–H groups in total. The van der Waals surface area contributed by atoms with E-state index in [-0.39, 0.29) is 0 Å². The Morgan fingerprint density at radius 1 is 1.14 bits per heavy atom. The molecule has 0 aromatic heterocycles. The summed E-state index contributed by atoms with van der Waals surface area (Å²) in [5.41, 5.74) is 2.53. The predicted octanol–water partition coefficient (Wildman–Crippen LogP) is 1.84. The van der Waals surface area contributed by atoms with Crippen molar-refractivity contribution in [3.05, 3.63) is 29.3 Å². The lowest BCUT2D eigenvalue weighted by Crippen LogP contribution is -2.38. The minimum Gasteiger partial charge on any atom is -0.316 e. The van der Waals surface area contributed by atoms with Crippen LogP contribution < -0.4 is 10.0 Å². The molecule has 5 heteroatoms. The van der Waals surface area contributed by atoms with Crippen molar-refractivity contribution in [1.82, 2.24) is 10.0 Å². The molecule has 1 aromatic rings. The smallest absolute Gasteiger partial charge is 0.240 e. The second-order valence-corrected chi connectivity index (χ2v) is 7.97. The van der Waals surface area contributed by atoms with E-state index in [2.05, 4.69) is 10.0 Å². The van der Waals surface area contributed by atoms with E-state index in [1.807, 2.05) is 12.1 Å². The quantitative estimate of drug-likeness (QED) is 0.892. The summed E-state index contributed by atoms with van der Waals surface area (Å²) in [4.78, 5) is 0.423. The third kappa shape index (κ3) is 3.65. The molecule has 1 aromatic carbocycles. The summed E-state index contributed by atoms with van der Waals surface area (Å²) in [6.07, 6.45) is 6.69. The molecule has 0 spiro atoms. The number of piperidine rings is 1. The molecule has 0 amide bonds. The fraction of sp³-hybridized carbons (Fsp3) is 0.625. The highest BCUT2D eigenvalue weighted by molar-refractivity contribution is 7.89. The Labute approximate surface area is 127 Å². The summed E-state index contributed by atoms with van der Waals surface area (Å²) in [5, 5.41) is 3.32. The first-order valence-corrected chi connectivity index (χ1v) is 9.46. The summed E-state index contributed by atoms with van der Waals surface area (Å²) in [6, 6.07) is 5.62. The molecular weight excluding hydrogens is 284 g/mol. The Morgan fingerprint density at radius 2 is 1.95 bits per heavy atom. The largest absolute Gasteiger partial charge is 0.316 e. The maximum absolute atomic E-state index is 12.4. The van der Waals surface area contributed by atoms with Crippen LogP contribution in [0.5, 0.6) is 0 Å². The van der Waals surface area contributed by atoms with Gasteiger partial charge in [0.2, 0.25) is 10.0 Å². The van der Waals surface area contributed by atoms with Crippen molar-refractivity contribution in [3.8, 4) is 0 Å². The fourth-order valence-electron chi connectivity index (χ4n) is 3.29. The van der Waals surface area contributed by atoms with Gasteiger partial charge in [0.05, 0.1) is 4.90 Å². The molecule has 0 bridgehead atoms. The molecule has 1 saturated heterocycles. The first-order valence-electron chi connectivity index (χ1n) is 7.97. The second-order valence-electron chi connectivity index (χ2n) is 6.20. The molecule has 1 unspecified atom stereocenters. The molecule has 4 nitrogen and oxygen atoms in total. The number of aryl methyl sites for hydroxylation is 2. The normalized spacial score (nSPS) is 22.8. The van der Waals surface area contributed by atoms with Gasteiger partial charge in [0, 0.05) is 6.54 Å². The number of hydrogen-bond acceptors (Lipinski definition) is 3. The van der Waals surface area contributed by atoms with E-state index in [0.717, 1.165) is 45.2 Å². The van der Waals surface area contributed by atoms with Gasteiger partial charge in [0.25, 0.3) is 0 Å². The number of hydrogen-bond donors (Lipinski definition) is 2. The van der Waals surface area contributed by atoms with Gasteiger partial charge >= 0.3 is 0 Å². The van der Waals surface area contributed by atoms with Crippen LogP contribution >= 0.6 is 0 Å². The molecule has 116 valence electrons. The first kappa shape index (κ1) is 15.0. The fourth-order valence-corrected chi connectivity index (χ4v) is 4.45. The summed E-state index contributed by atoms with van der Waals surface area (Å²) in [5.74, 6) is 0.408. The summed E-state index contributed by atoms with van der Waals surface area (Å²) in [6.45, 7) is 2.49. The van der Waals surface area contributed by atoms with E-state index in [0.29, 0.717) is 17.4 Å². The standard InChI is InChI=1S/C16H24N2O2S/c19-21(20,18-12-13-4-3-9-17-11-13)16-8-7-14-5-1-2-6-15(14)10-16/h7-8,10,13,17-18H,1-6,9,11-12H2. The van der Waals surface area contributed by atoms with Gasteiger partial charge in [-0.25, -0.2) is 13.1 Å². The molecule has 1 fully saturated rings. The van der Waals surface area contributed by atoms with Crippen molar-refractivity contribution >= 4 is 10.0 Å². The van der Waals surface area contributed by atoms with Crippen LogP contribution in [0.25, 0.3) is 0 Å². The average molecular weight is 308 g/mol. The number of nitrogens with one attached hydrogen (secondary N) is 2. The zero-order valence-corrected chi connectivity index (χ0v) is 13.2. The monoisotopic (exact) mass is 308 g/mol. The van der Waals surface area contributed by atoms with Crippen molar-refractivity contribution in [2.45, 2.75) is 43.4 Å². The summed E-state index contributed by atoms with van der Waals surface area (Å²) < 4.78 is 27.6. The van der Waals surface area contributed by atoms with Crippen LogP contribution in [0.3, 0.4) is 0 Å². The first-order chi connectivity index (χ1) is 10.1. The summed E-state index contributed by atoms with van der Waals surface area (Å²) in [7, 11) is -3.37. The van der Waals surface area contributed by atoms with Gasteiger partial charge in [0.15, 0.2) is 0 Å². The van der Waals surface area contributed by atoms with Gasteiger partial charge in [-0.05, 0) is 80.8 Å². The minimum absolute atomic E-state index is 0.408. The Kier molecular flexibility index (Phi) is 4.62. The van der Waals surface area contributed by atoms with Crippen molar-refractivity contribution in [1.29, 1.82) is 0 Å². The highest BCUT2D eigenvalue weighted by Crippen LogP contribution is 2.24. The molecule has 1 aliphatic heterocycles. The van der Waals surface area contributed by atoms with Crippen molar-refractivity contribution < 1.29 is 8.42 Å². The Balaban J connectivity index is 1.69. The molecule has 3 rings (SSSR count). The number of benzene rings is 1. The Morgan fingerprint density at radius 3 is 2.71 bits per heavy atom. The van der Waals surface area contributed by atoms with Gasteiger partial charge in [0.1, 0.15) is 0 Å². The topological polar surface area (TPSA) is 58.2 Å². The number of sulfonamides is 1. The lowest BCUT2D eigenvalue weighted by Gasteiger charge is -2.23. The van der Waals surface area contributed by atoms with Gasteiger partial charge < -0.3 is 5.32 Å². The Hall–Kier alpha value is -0.910. The molecule has 0 radical (unpaired) electrons. The van der Waals surface area contributed by atoms with E-state index in [9.17, 15) is 8.42 Å². The summed E-state index contributed by atoms with van der Waals surface area (Å²) >= 11 is 0. The third-order valence-corrected chi connectivity index (χ3v) is 6.01. The van der Waals surface area contributed by atoms with Crippen LogP contribution in [-0.4, -0.2) is 28.1 Å². The third-order valence-electron chi connectivity index (χ3n) is 4.59. The zero-order valence-electron chi connectivity index (χ0n) is 12.4. The van der Waals surface area contributed by atoms with E-state index in [4.69, 9.17) is 0 Å². The average Bonchev–Trinajstić information content (AvgIpc) is 2.53. The number of fused-ring (bicyclic) bond motifs is 1. The molecule has 0 saturated carbocycles. The van der Waals surface area contributed by atoms with Gasteiger partial charge in [-0.2, -0.15) is 0 Å². The molecule has 1 aliphatic carbocycles. The van der Waals surface area contributed by atoms with Crippen molar-refractivity contribution in [2.75, 3.05) is 19.6 Å². The van der Waals surface area contributed by atoms with Crippen LogP contribution in [0.2, 0.25) is 0 Å². The van der Waals surface area contributed by atoms with Crippen LogP contribution in [0.4, 0.5) is 0 Å². The van der Waals surface area contributed by atoms with E-state index >= 15 is 0 Å². The van der Waals surface area contributed by atoms with Crippen molar-refractivity contribution in [3.63, 3.8) is 0 Å². The predicted molar refractivity (Wildman–Crippen MR) is 83.9 cm³/mol. The van der Waals surface area contributed by atoms with Gasteiger partial charge in [-0.15, -0.1) is 0 Å². The van der Waals surface area contributed by atoms with E-state index in [1.165, 1.54) is 17.5 Å². The maximum Gasteiger partial charge on any atom is 0.240 e. The Bertz CT molecular complexity index is 592. The van der Waals surface area contributed by atoms with Crippen LogP contribution in [0, 0.1) is 5.92 Å². The molecular formula is C16H24N2O2S. The zero-order chi connectivity index (χ0) is 14.7. The van der Waals surface area contributed by atoms with E-state index in [1.54, 1.807) is 6.07 Å². The highest BCUT2D eigenvalue weighted by Gasteiger charge is 2.20. The van der Waals surface area contributed by atoms with E-state index < -0.39 is 10.0 Å². The van der Waals surface area contributed by atoms with Crippen LogP contribution in [0.15, 0.2) is 23.1 Å². The molecule has 1 atom stereocenters. The molecule has 1 heterocycles. The highest BCUT2D eigenvalue weighted by atomic mass is 32.2. The minimum atomic E-state index is -3.37. The maximum atomic E-state index is 12.4. The lowest BCUT2D eigenvalue weighted by atomic mass is 9.92. The van der Waals surface area contributed by atoms with Gasteiger partial charge in [-0.1, -0.05) is 6.07 Å². The van der Waals surface area contributed by atoms with Crippen molar-refractivity contribution in [2.24, 2.45) is 5.92 Å². The molecule has 21 heavy (non-hydrogen) atoms. The van der Waals surface area contributed by atoms with Crippen LogP contribution in [0.1, 0.15) is 36.8 Å². The molecule has 2 aliphatic rings. The lowest BCUT2D eigenvalue weighted by molar-refractivity contribution is 0.376. The SMILES string of the molecule is O=S(=O)(NCC1CCCNC1)c1ccc2c(c1)CCCC2. The number of rotatable bonds is 4. The van der Waals surface area contributed by atoms with Crippen LogP contribution in [-0.2, 0) is 22.9 Å². The second kappa shape index (κ2) is 6.46. The van der Waals surface area contributed by atoms with Gasteiger partial charge in [-0.3, -0.25) is 0 Å².